The molecule has 114 valence electrons. The highest BCUT2D eigenvalue weighted by molar-refractivity contribution is 6.30. The quantitative estimate of drug-likeness (QED) is 0.801. The van der Waals surface area contributed by atoms with Gasteiger partial charge in [0.2, 0.25) is 0 Å². The molecular formula is C15H25ClFN3. The topological polar surface area (TPSA) is 32.5 Å². The second-order valence-corrected chi connectivity index (χ2v) is 5.64. The number of hydrogen-bond donors (Lipinski definition) is 1. The molecule has 0 bridgehead atoms. The Kier molecular flexibility index (Phi) is 7.45. The van der Waals surface area contributed by atoms with E-state index in [9.17, 15) is 4.39 Å². The van der Waals surface area contributed by atoms with Gasteiger partial charge in [-0.2, -0.15) is 0 Å². The minimum absolute atomic E-state index is 0.0978. The van der Waals surface area contributed by atoms with Crippen LogP contribution in [0.25, 0.3) is 0 Å². The van der Waals surface area contributed by atoms with E-state index in [1.54, 1.807) is 12.1 Å². The van der Waals surface area contributed by atoms with E-state index in [-0.39, 0.29) is 11.9 Å². The van der Waals surface area contributed by atoms with Crippen LogP contribution in [0.1, 0.15) is 24.9 Å². The Labute approximate surface area is 126 Å². The Bertz CT molecular complexity index is 412. The standard InChI is InChI=1S/C15H25ClFN3/c1-4-20(9-5-8-19(2)3)15(11-18)13-7-6-12(16)10-14(13)17/h6-7,10,15H,4-5,8-9,11,18H2,1-3H3. The van der Waals surface area contributed by atoms with Crippen LogP contribution in [0.4, 0.5) is 4.39 Å². The summed E-state index contributed by atoms with van der Waals surface area (Å²) in [4.78, 5) is 4.37. The summed E-state index contributed by atoms with van der Waals surface area (Å²) in [5, 5.41) is 0.415. The molecule has 0 fully saturated rings. The number of nitrogens with zero attached hydrogens (tertiary/aromatic N) is 2. The Balaban J connectivity index is 2.80. The number of hydrogen-bond acceptors (Lipinski definition) is 3. The number of benzene rings is 1. The maximum atomic E-state index is 14.1. The minimum Gasteiger partial charge on any atom is -0.329 e. The summed E-state index contributed by atoms with van der Waals surface area (Å²) in [5.74, 6) is -0.279. The smallest absolute Gasteiger partial charge is 0.129 e. The number of nitrogens with two attached hydrogens (primary N) is 1. The highest BCUT2D eigenvalue weighted by atomic mass is 35.5. The second kappa shape index (κ2) is 8.57. The van der Waals surface area contributed by atoms with E-state index in [0.717, 1.165) is 26.1 Å². The van der Waals surface area contributed by atoms with Crippen molar-refractivity contribution in [2.75, 3.05) is 40.3 Å². The maximum absolute atomic E-state index is 14.1. The van der Waals surface area contributed by atoms with Gasteiger partial charge in [-0.1, -0.05) is 24.6 Å². The number of likely N-dealkylation sites (N-methyl/N-ethyl adjacent to an activating group) is 1. The van der Waals surface area contributed by atoms with E-state index >= 15 is 0 Å². The van der Waals surface area contributed by atoms with Gasteiger partial charge in [0.05, 0.1) is 0 Å². The lowest BCUT2D eigenvalue weighted by Gasteiger charge is -2.30. The highest BCUT2D eigenvalue weighted by Crippen LogP contribution is 2.25. The molecule has 0 saturated heterocycles. The molecular weight excluding hydrogens is 277 g/mol. The molecule has 0 aromatic heterocycles. The minimum atomic E-state index is -0.279. The first-order valence-electron chi connectivity index (χ1n) is 7.03. The summed E-state index contributed by atoms with van der Waals surface area (Å²) in [6.07, 6.45) is 1.03. The molecule has 5 heteroatoms. The van der Waals surface area contributed by atoms with E-state index in [2.05, 4.69) is 30.8 Å². The molecule has 0 radical (unpaired) electrons. The van der Waals surface area contributed by atoms with Crippen molar-refractivity contribution < 1.29 is 4.39 Å². The molecule has 1 unspecified atom stereocenters. The zero-order chi connectivity index (χ0) is 15.1. The lowest BCUT2D eigenvalue weighted by Crippen LogP contribution is -2.36. The molecule has 1 rings (SSSR count). The molecule has 2 N–H and O–H groups in total. The van der Waals surface area contributed by atoms with Crippen LogP contribution in [0.15, 0.2) is 18.2 Å². The third-order valence-corrected chi connectivity index (χ3v) is 3.68. The summed E-state index contributed by atoms with van der Waals surface area (Å²) >= 11 is 5.81. The van der Waals surface area contributed by atoms with E-state index in [4.69, 9.17) is 17.3 Å². The Hall–Kier alpha value is -0.680. The molecule has 0 spiro atoms. The molecule has 0 aliphatic rings. The number of halogens is 2. The molecule has 1 atom stereocenters. The van der Waals surface area contributed by atoms with Crippen LogP contribution >= 0.6 is 11.6 Å². The molecule has 0 aliphatic carbocycles. The zero-order valence-electron chi connectivity index (χ0n) is 12.6. The predicted octanol–water partition coefficient (Wildman–Crippen LogP) is 2.75. The Morgan fingerprint density at radius 2 is 2.00 bits per heavy atom. The highest BCUT2D eigenvalue weighted by Gasteiger charge is 2.20. The molecule has 0 saturated carbocycles. The average Bonchev–Trinajstić information content (AvgIpc) is 2.39. The lowest BCUT2D eigenvalue weighted by atomic mass is 10.0. The summed E-state index contributed by atoms with van der Waals surface area (Å²) in [6, 6.07) is 4.72. The monoisotopic (exact) mass is 301 g/mol. The van der Waals surface area contributed by atoms with Crippen LogP contribution in [0, 0.1) is 5.82 Å². The molecule has 0 amide bonds. The maximum Gasteiger partial charge on any atom is 0.129 e. The normalized spacial score (nSPS) is 13.2. The molecule has 3 nitrogen and oxygen atoms in total. The van der Waals surface area contributed by atoms with Crippen LogP contribution in [0.5, 0.6) is 0 Å². The van der Waals surface area contributed by atoms with Gasteiger partial charge in [-0.3, -0.25) is 4.90 Å². The first-order valence-corrected chi connectivity index (χ1v) is 7.41. The van der Waals surface area contributed by atoms with Crippen LogP contribution in [0.2, 0.25) is 5.02 Å². The molecule has 0 heterocycles. The SMILES string of the molecule is CCN(CCCN(C)C)C(CN)c1ccc(Cl)cc1F. The summed E-state index contributed by atoms with van der Waals surface area (Å²) in [5.41, 5.74) is 6.50. The van der Waals surface area contributed by atoms with Gasteiger partial charge in [-0.15, -0.1) is 0 Å². The summed E-state index contributed by atoms with van der Waals surface area (Å²) in [6.45, 7) is 5.23. The van der Waals surface area contributed by atoms with Gasteiger partial charge in [-0.05, 0) is 45.7 Å². The summed E-state index contributed by atoms with van der Waals surface area (Å²) in [7, 11) is 4.10. The van der Waals surface area contributed by atoms with Gasteiger partial charge >= 0.3 is 0 Å². The van der Waals surface area contributed by atoms with Crippen LogP contribution < -0.4 is 5.73 Å². The molecule has 20 heavy (non-hydrogen) atoms. The van der Waals surface area contributed by atoms with Crippen molar-refractivity contribution in [1.29, 1.82) is 0 Å². The van der Waals surface area contributed by atoms with Crippen LogP contribution in [-0.2, 0) is 0 Å². The first-order chi connectivity index (χ1) is 9.49. The third-order valence-electron chi connectivity index (χ3n) is 3.44. The summed E-state index contributed by atoms with van der Waals surface area (Å²) < 4.78 is 14.1. The van der Waals surface area contributed by atoms with Gasteiger partial charge in [-0.25, -0.2) is 4.39 Å². The molecule has 1 aromatic rings. The van der Waals surface area contributed by atoms with Crippen LogP contribution in [0.3, 0.4) is 0 Å². The molecule has 1 aromatic carbocycles. The Morgan fingerprint density at radius 1 is 1.30 bits per heavy atom. The van der Waals surface area contributed by atoms with Crippen molar-refractivity contribution >= 4 is 11.6 Å². The first kappa shape index (κ1) is 17.4. The number of rotatable bonds is 8. The van der Waals surface area contributed by atoms with Crippen molar-refractivity contribution in [3.63, 3.8) is 0 Å². The Morgan fingerprint density at radius 3 is 2.50 bits per heavy atom. The lowest BCUT2D eigenvalue weighted by molar-refractivity contribution is 0.198. The van der Waals surface area contributed by atoms with Gasteiger partial charge in [0.1, 0.15) is 5.82 Å². The van der Waals surface area contributed by atoms with Crippen molar-refractivity contribution in [1.82, 2.24) is 9.80 Å². The zero-order valence-corrected chi connectivity index (χ0v) is 13.3. The van der Waals surface area contributed by atoms with Crippen molar-refractivity contribution in [2.45, 2.75) is 19.4 Å². The van der Waals surface area contributed by atoms with Crippen LogP contribution in [-0.4, -0.2) is 50.1 Å². The fourth-order valence-electron chi connectivity index (χ4n) is 2.37. The fourth-order valence-corrected chi connectivity index (χ4v) is 2.53. The van der Waals surface area contributed by atoms with Gasteiger partial charge in [0, 0.05) is 29.7 Å². The predicted molar refractivity (Wildman–Crippen MR) is 83.6 cm³/mol. The van der Waals surface area contributed by atoms with E-state index in [1.165, 1.54) is 6.07 Å². The van der Waals surface area contributed by atoms with Gasteiger partial charge < -0.3 is 10.6 Å². The van der Waals surface area contributed by atoms with Gasteiger partial charge in [0.25, 0.3) is 0 Å². The fraction of sp³-hybridized carbons (Fsp3) is 0.600. The third kappa shape index (κ3) is 5.02. The van der Waals surface area contributed by atoms with Crippen molar-refractivity contribution in [2.24, 2.45) is 5.73 Å². The van der Waals surface area contributed by atoms with E-state index in [0.29, 0.717) is 17.1 Å². The van der Waals surface area contributed by atoms with Crippen molar-refractivity contribution in [3.8, 4) is 0 Å². The largest absolute Gasteiger partial charge is 0.329 e. The van der Waals surface area contributed by atoms with Crippen molar-refractivity contribution in [3.05, 3.63) is 34.6 Å². The van der Waals surface area contributed by atoms with E-state index in [1.807, 2.05) is 0 Å². The van der Waals surface area contributed by atoms with Gasteiger partial charge in [0.15, 0.2) is 0 Å². The average molecular weight is 302 g/mol. The van der Waals surface area contributed by atoms with E-state index < -0.39 is 0 Å². The second-order valence-electron chi connectivity index (χ2n) is 5.20. The molecule has 0 aliphatic heterocycles.